The molecule has 0 saturated carbocycles. The molecule has 0 unspecified atom stereocenters. The van der Waals surface area contributed by atoms with E-state index < -0.39 is 0 Å². The SMILES string of the molecule is Cc1cc(N)c(C(=O)NCc2ccncc2C)cn1. The average Bonchev–Trinajstić information content (AvgIpc) is 2.37. The zero-order valence-electron chi connectivity index (χ0n) is 11.0. The van der Waals surface area contributed by atoms with Crippen LogP contribution in [0.15, 0.2) is 30.7 Å². The first kappa shape index (κ1) is 13.0. The molecular weight excluding hydrogens is 240 g/mol. The molecule has 2 rings (SSSR count). The lowest BCUT2D eigenvalue weighted by Gasteiger charge is -2.09. The first-order valence-corrected chi connectivity index (χ1v) is 5.97. The number of carbonyl (C=O) groups excluding carboxylic acids is 1. The highest BCUT2D eigenvalue weighted by Crippen LogP contribution is 2.12. The third-order valence-corrected chi connectivity index (χ3v) is 2.89. The van der Waals surface area contributed by atoms with Gasteiger partial charge in [0.2, 0.25) is 0 Å². The number of nitrogens with zero attached hydrogens (tertiary/aromatic N) is 2. The van der Waals surface area contributed by atoms with E-state index >= 15 is 0 Å². The number of amides is 1. The van der Waals surface area contributed by atoms with Gasteiger partial charge in [0.05, 0.1) is 5.56 Å². The molecule has 0 saturated heterocycles. The standard InChI is InChI=1S/C14H16N4O/c1-9-6-16-4-3-11(9)7-18-14(19)12-8-17-10(2)5-13(12)15/h3-6,8H,7H2,1-2H3,(H2,15,17)(H,18,19). The zero-order valence-corrected chi connectivity index (χ0v) is 11.0. The summed E-state index contributed by atoms with van der Waals surface area (Å²) < 4.78 is 0. The van der Waals surface area contributed by atoms with E-state index in [0.717, 1.165) is 16.8 Å². The van der Waals surface area contributed by atoms with Crippen LogP contribution in [-0.4, -0.2) is 15.9 Å². The second-order valence-electron chi connectivity index (χ2n) is 4.40. The largest absolute Gasteiger partial charge is 0.398 e. The summed E-state index contributed by atoms with van der Waals surface area (Å²) in [5, 5.41) is 2.83. The highest BCUT2D eigenvalue weighted by molar-refractivity contribution is 5.98. The van der Waals surface area contributed by atoms with Crippen molar-refractivity contribution in [3.05, 3.63) is 53.1 Å². The molecular formula is C14H16N4O. The van der Waals surface area contributed by atoms with Crippen molar-refractivity contribution in [2.75, 3.05) is 5.73 Å². The lowest BCUT2D eigenvalue weighted by Crippen LogP contribution is -2.24. The third-order valence-electron chi connectivity index (χ3n) is 2.89. The summed E-state index contributed by atoms with van der Waals surface area (Å²) in [4.78, 5) is 20.1. The summed E-state index contributed by atoms with van der Waals surface area (Å²) in [6, 6.07) is 3.57. The van der Waals surface area contributed by atoms with Gasteiger partial charge in [-0.1, -0.05) is 0 Å². The summed E-state index contributed by atoms with van der Waals surface area (Å²) in [5.74, 6) is -0.221. The van der Waals surface area contributed by atoms with Crippen LogP contribution in [-0.2, 0) is 6.54 Å². The maximum absolute atomic E-state index is 12.0. The molecule has 5 nitrogen and oxygen atoms in total. The number of rotatable bonds is 3. The Balaban J connectivity index is 2.08. The predicted octanol–water partition coefficient (Wildman–Crippen LogP) is 1.61. The van der Waals surface area contributed by atoms with Crippen LogP contribution in [0.25, 0.3) is 0 Å². The number of nitrogen functional groups attached to an aromatic ring is 1. The Hall–Kier alpha value is -2.43. The van der Waals surface area contributed by atoms with E-state index in [1.54, 1.807) is 18.5 Å². The van der Waals surface area contributed by atoms with Gasteiger partial charge in [-0.3, -0.25) is 14.8 Å². The van der Waals surface area contributed by atoms with Gasteiger partial charge < -0.3 is 11.1 Å². The van der Waals surface area contributed by atoms with Crippen molar-refractivity contribution in [3.8, 4) is 0 Å². The number of hydrogen-bond acceptors (Lipinski definition) is 4. The van der Waals surface area contributed by atoms with Gasteiger partial charge in [-0.25, -0.2) is 0 Å². The molecule has 0 spiro atoms. The highest BCUT2D eigenvalue weighted by Gasteiger charge is 2.10. The van der Waals surface area contributed by atoms with E-state index in [1.807, 2.05) is 19.9 Å². The number of nitrogens with one attached hydrogen (secondary N) is 1. The molecule has 0 aromatic carbocycles. The number of aromatic nitrogens is 2. The monoisotopic (exact) mass is 256 g/mol. The van der Waals surface area contributed by atoms with Crippen molar-refractivity contribution in [2.45, 2.75) is 20.4 Å². The minimum atomic E-state index is -0.221. The van der Waals surface area contributed by atoms with Crippen LogP contribution < -0.4 is 11.1 Å². The molecule has 0 aliphatic heterocycles. The summed E-state index contributed by atoms with van der Waals surface area (Å²) >= 11 is 0. The topological polar surface area (TPSA) is 80.9 Å². The Kier molecular flexibility index (Phi) is 3.75. The predicted molar refractivity (Wildman–Crippen MR) is 73.5 cm³/mol. The summed E-state index contributed by atoms with van der Waals surface area (Å²) in [6.45, 7) is 4.23. The Morgan fingerprint density at radius 2 is 2.16 bits per heavy atom. The first-order chi connectivity index (χ1) is 9.08. The van der Waals surface area contributed by atoms with Crippen molar-refractivity contribution in [2.24, 2.45) is 0 Å². The summed E-state index contributed by atoms with van der Waals surface area (Å²) in [7, 11) is 0. The molecule has 1 amide bonds. The van der Waals surface area contributed by atoms with Crippen molar-refractivity contribution in [3.63, 3.8) is 0 Å². The van der Waals surface area contributed by atoms with Gasteiger partial charge in [0.25, 0.3) is 5.91 Å². The van der Waals surface area contributed by atoms with Gasteiger partial charge in [-0.05, 0) is 37.1 Å². The van der Waals surface area contributed by atoms with E-state index in [-0.39, 0.29) is 5.91 Å². The van der Waals surface area contributed by atoms with Crippen LogP contribution in [0.3, 0.4) is 0 Å². The van der Waals surface area contributed by atoms with E-state index in [1.165, 1.54) is 6.20 Å². The van der Waals surface area contributed by atoms with Crippen molar-refractivity contribution < 1.29 is 4.79 Å². The fourth-order valence-electron chi connectivity index (χ4n) is 1.74. The molecule has 0 bridgehead atoms. The first-order valence-electron chi connectivity index (χ1n) is 5.97. The molecule has 2 aromatic rings. The fourth-order valence-corrected chi connectivity index (χ4v) is 1.74. The number of nitrogens with two attached hydrogens (primary N) is 1. The van der Waals surface area contributed by atoms with E-state index in [4.69, 9.17) is 5.73 Å². The van der Waals surface area contributed by atoms with Gasteiger partial charge in [0.1, 0.15) is 0 Å². The smallest absolute Gasteiger partial charge is 0.255 e. The minimum absolute atomic E-state index is 0.221. The van der Waals surface area contributed by atoms with Gasteiger partial charge in [-0.15, -0.1) is 0 Å². The van der Waals surface area contributed by atoms with Crippen molar-refractivity contribution >= 4 is 11.6 Å². The second kappa shape index (κ2) is 5.48. The molecule has 0 atom stereocenters. The number of aryl methyl sites for hydroxylation is 2. The Morgan fingerprint density at radius 3 is 2.84 bits per heavy atom. The van der Waals surface area contributed by atoms with Gasteiger partial charge in [-0.2, -0.15) is 0 Å². The molecule has 3 N–H and O–H groups in total. The highest BCUT2D eigenvalue weighted by atomic mass is 16.1. The Labute approximate surface area is 111 Å². The maximum Gasteiger partial charge on any atom is 0.255 e. The van der Waals surface area contributed by atoms with E-state index in [9.17, 15) is 4.79 Å². The fraction of sp³-hybridized carbons (Fsp3) is 0.214. The van der Waals surface area contributed by atoms with Crippen LogP contribution in [0.1, 0.15) is 27.2 Å². The molecule has 5 heteroatoms. The van der Waals surface area contributed by atoms with E-state index in [0.29, 0.717) is 17.8 Å². The van der Waals surface area contributed by atoms with Gasteiger partial charge >= 0.3 is 0 Å². The van der Waals surface area contributed by atoms with Gasteiger partial charge in [0.15, 0.2) is 0 Å². The van der Waals surface area contributed by atoms with E-state index in [2.05, 4.69) is 15.3 Å². The van der Waals surface area contributed by atoms with Gasteiger partial charge in [0, 0.05) is 36.5 Å². The molecule has 0 fully saturated rings. The number of hydrogen-bond donors (Lipinski definition) is 2. The molecule has 0 radical (unpaired) electrons. The zero-order chi connectivity index (χ0) is 13.8. The summed E-state index contributed by atoms with van der Waals surface area (Å²) in [5.41, 5.74) is 9.51. The van der Waals surface area contributed by atoms with Crippen molar-refractivity contribution in [1.29, 1.82) is 0 Å². The lowest BCUT2D eigenvalue weighted by molar-refractivity contribution is 0.0951. The summed E-state index contributed by atoms with van der Waals surface area (Å²) in [6.07, 6.45) is 4.97. The molecule has 98 valence electrons. The quantitative estimate of drug-likeness (QED) is 0.874. The second-order valence-corrected chi connectivity index (χ2v) is 4.40. The normalized spacial score (nSPS) is 10.2. The minimum Gasteiger partial charge on any atom is -0.398 e. The van der Waals surface area contributed by atoms with Crippen LogP contribution in [0.2, 0.25) is 0 Å². The van der Waals surface area contributed by atoms with Crippen molar-refractivity contribution in [1.82, 2.24) is 15.3 Å². The average molecular weight is 256 g/mol. The molecule has 0 aliphatic carbocycles. The van der Waals surface area contributed by atoms with Crippen LogP contribution in [0, 0.1) is 13.8 Å². The molecule has 2 aromatic heterocycles. The van der Waals surface area contributed by atoms with Crippen LogP contribution in [0.5, 0.6) is 0 Å². The Bertz CT molecular complexity index is 610. The maximum atomic E-state index is 12.0. The number of pyridine rings is 2. The van der Waals surface area contributed by atoms with Crippen LogP contribution >= 0.6 is 0 Å². The molecule has 19 heavy (non-hydrogen) atoms. The lowest BCUT2D eigenvalue weighted by atomic mass is 10.1. The Morgan fingerprint density at radius 1 is 1.37 bits per heavy atom. The number of carbonyl (C=O) groups is 1. The molecule has 0 aliphatic rings. The van der Waals surface area contributed by atoms with Crippen LogP contribution in [0.4, 0.5) is 5.69 Å². The third kappa shape index (κ3) is 3.07. The molecule has 2 heterocycles. The number of anilines is 1.